The number of hydrogen-bond donors (Lipinski definition) is 0. The molecular weight excluding hydrogens is 266 g/mol. The Kier molecular flexibility index (Phi) is 3.01. The number of nitrogens with zero attached hydrogens (tertiary/aromatic N) is 5. The fourth-order valence-electron chi connectivity index (χ4n) is 2.61. The first-order valence-electron chi connectivity index (χ1n) is 6.99. The highest BCUT2D eigenvalue weighted by molar-refractivity contribution is 5.45. The molecule has 0 radical (unpaired) electrons. The van der Waals surface area contributed by atoms with Crippen LogP contribution in [0.3, 0.4) is 0 Å². The van der Waals surface area contributed by atoms with Crippen LogP contribution in [0.4, 0.5) is 5.82 Å². The third-order valence-electron chi connectivity index (χ3n) is 3.71. The Bertz CT molecular complexity index is 742. The zero-order valence-corrected chi connectivity index (χ0v) is 11.5. The molecule has 0 aliphatic carbocycles. The topological polar surface area (TPSA) is 55.6 Å². The summed E-state index contributed by atoms with van der Waals surface area (Å²) >= 11 is 0. The fraction of sp³-hybridized carbons (Fsp3) is 0.267. The van der Waals surface area contributed by atoms with E-state index in [1.54, 1.807) is 10.8 Å². The third kappa shape index (κ3) is 2.34. The summed E-state index contributed by atoms with van der Waals surface area (Å²) in [6.45, 7) is 2.33. The minimum Gasteiger partial charge on any atom is -0.370 e. The van der Waals surface area contributed by atoms with Crippen molar-refractivity contribution in [2.45, 2.75) is 6.10 Å². The van der Waals surface area contributed by atoms with Gasteiger partial charge in [0.2, 0.25) is 0 Å². The highest BCUT2D eigenvalue weighted by atomic mass is 16.5. The summed E-state index contributed by atoms with van der Waals surface area (Å²) in [6, 6.07) is 14.2. The van der Waals surface area contributed by atoms with Crippen LogP contribution in [0.25, 0.3) is 5.65 Å². The second kappa shape index (κ2) is 5.14. The maximum Gasteiger partial charge on any atom is 0.177 e. The van der Waals surface area contributed by atoms with Gasteiger partial charge in [-0.2, -0.15) is 4.52 Å². The van der Waals surface area contributed by atoms with Crippen molar-refractivity contribution >= 4 is 11.5 Å². The van der Waals surface area contributed by atoms with Crippen molar-refractivity contribution in [3.63, 3.8) is 0 Å². The molecule has 106 valence electrons. The molecule has 0 saturated carbocycles. The normalized spacial score (nSPS) is 19.0. The van der Waals surface area contributed by atoms with Crippen molar-refractivity contribution in [1.82, 2.24) is 19.8 Å². The predicted octanol–water partition coefficient (Wildman–Crippen LogP) is 1.70. The molecule has 6 nitrogen and oxygen atoms in total. The van der Waals surface area contributed by atoms with E-state index in [0.717, 1.165) is 24.6 Å². The lowest BCUT2D eigenvalue weighted by atomic mass is 10.1. The van der Waals surface area contributed by atoms with Crippen LogP contribution in [0.5, 0.6) is 0 Å². The first-order valence-corrected chi connectivity index (χ1v) is 6.99. The Morgan fingerprint density at radius 3 is 2.90 bits per heavy atom. The first kappa shape index (κ1) is 12.3. The van der Waals surface area contributed by atoms with Crippen molar-refractivity contribution in [3.05, 3.63) is 54.4 Å². The molecule has 21 heavy (non-hydrogen) atoms. The van der Waals surface area contributed by atoms with E-state index in [4.69, 9.17) is 4.74 Å². The van der Waals surface area contributed by atoms with E-state index in [9.17, 15) is 0 Å². The average molecular weight is 281 g/mol. The molecule has 3 heterocycles. The Labute approximate surface area is 122 Å². The number of ether oxygens (including phenoxy) is 1. The molecule has 0 bridgehead atoms. The molecular formula is C15H15N5O. The van der Waals surface area contributed by atoms with Gasteiger partial charge in [-0.3, -0.25) is 0 Å². The Hall–Kier alpha value is -2.47. The van der Waals surface area contributed by atoms with Gasteiger partial charge in [0, 0.05) is 13.1 Å². The van der Waals surface area contributed by atoms with Crippen molar-refractivity contribution in [2.24, 2.45) is 0 Å². The molecule has 6 heteroatoms. The number of benzene rings is 1. The molecule has 1 aromatic carbocycles. The molecule has 1 atom stereocenters. The van der Waals surface area contributed by atoms with E-state index in [1.807, 2.05) is 30.3 Å². The maximum atomic E-state index is 5.89. The minimum absolute atomic E-state index is 0.0818. The number of rotatable bonds is 2. The SMILES string of the molecule is c1ccc([C@@H]2CN(c3ccc4nncn4n3)CCO2)cc1. The summed E-state index contributed by atoms with van der Waals surface area (Å²) in [7, 11) is 0. The van der Waals surface area contributed by atoms with E-state index in [1.165, 1.54) is 5.56 Å². The van der Waals surface area contributed by atoms with Crippen LogP contribution in [-0.4, -0.2) is 39.5 Å². The molecule has 2 aromatic heterocycles. The summed E-state index contributed by atoms with van der Waals surface area (Å²) in [5.74, 6) is 0.923. The van der Waals surface area contributed by atoms with E-state index in [-0.39, 0.29) is 6.10 Å². The quantitative estimate of drug-likeness (QED) is 0.715. The standard InChI is InChI=1S/C15H15N5O/c1-2-4-12(5-3-1)13-10-19(8-9-21-13)15-7-6-14-17-16-11-20(14)18-15/h1-7,11,13H,8-10H2/t13-/m0/s1. The smallest absolute Gasteiger partial charge is 0.177 e. The average Bonchev–Trinajstić information content (AvgIpc) is 3.03. The second-order valence-corrected chi connectivity index (χ2v) is 5.04. The molecule has 4 rings (SSSR count). The lowest BCUT2D eigenvalue weighted by Crippen LogP contribution is -2.39. The largest absolute Gasteiger partial charge is 0.370 e. The summed E-state index contributed by atoms with van der Waals surface area (Å²) in [4.78, 5) is 2.24. The number of hydrogen-bond acceptors (Lipinski definition) is 5. The van der Waals surface area contributed by atoms with Gasteiger partial charge in [-0.25, -0.2) is 0 Å². The van der Waals surface area contributed by atoms with Gasteiger partial charge in [0.1, 0.15) is 18.2 Å². The number of morpholine rings is 1. The predicted molar refractivity (Wildman–Crippen MR) is 78.1 cm³/mol. The highest BCUT2D eigenvalue weighted by Gasteiger charge is 2.23. The molecule has 0 N–H and O–H groups in total. The van der Waals surface area contributed by atoms with Crippen LogP contribution < -0.4 is 4.90 Å². The third-order valence-corrected chi connectivity index (χ3v) is 3.71. The van der Waals surface area contributed by atoms with E-state index < -0.39 is 0 Å². The van der Waals surface area contributed by atoms with Crippen LogP contribution in [-0.2, 0) is 4.74 Å². The Morgan fingerprint density at radius 2 is 2.00 bits per heavy atom. The van der Waals surface area contributed by atoms with Gasteiger partial charge in [0.05, 0.1) is 6.61 Å². The number of fused-ring (bicyclic) bond motifs is 1. The van der Waals surface area contributed by atoms with Gasteiger partial charge in [-0.05, 0) is 17.7 Å². The lowest BCUT2D eigenvalue weighted by Gasteiger charge is -2.33. The fourth-order valence-corrected chi connectivity index (χ4v) is 2.61. The van der Waals surface area contributed by atoms with Gasteiger partial charge in [0.15, 0.2) is 5.65 Å². The van der Waals surface area contributed by atoms with Gasteiger partial charge in [-0.1, -0.05) is 30.3 Å². The summed E-state index contributed by atoms with van der Waals surface area (Å²) < 4.78 is 7.58. The molecule has 1 fully saturated rings. The van der Waals surface area contributed by atoms with Crippen LogP contribution >= 0.6 is 0 Å². The number of anilines is 1. The van der Waals surface area contributed by atoms with Gasteiger partial charge in [-0.15, -0.1) is 15.3 Å². The van der Waals surface area contributed by atoms with Gasteiger partial charge in [0.25, 0.3) is 0 Å². The first-order chi connectivity index (χ1) is 10.4. The van der Waals surface area contributed by atoms with Crippen LogP contribution in [0.1, 0.15) is 11.7 Å². The lowest BCUT2D eigenvalue weighted by molar-refractivity contribution is 0.0394. The number of aromatic nitrogens is 4. The van der Waals surface area contributed by atoms with Crippen LogP contribution in [0.15, 0.2) is 48.8 Å². The monoisotopic (exact) mass is 281 g/mol. The van der Waals surface area contributed by atoms with Gasteiger partial charge >= 0.3 is 0 Å². The molecule has 1 aliphatic rings. The summed E-state index contributed by atoms with van der Waals surface area (Å²) in [6.07, 6.45) is 1.70. The highest BCUT2D eigenvalue weighted by Crippen LogP contribution is 2.24. The maximum absolute atomic E-state index is 5.89. The van der Waals surface area contributed by atoms with Crippen molar-refractivity contribution in [2.75, 3.05) is 24.6 Å². The zero-order chi connectivity index (χ0) is 14.1. The van der Waals surface area contributed by atoms with Crippen molar-refractivity contribution < 1.29 is 4.74 Å². The van der Waals surface area contributed by atoms with Crippen LogP contribution in [0, 0.1) is 0 Å². The second-order valence-electron chi connectivity index (χ2n) is 5.04. The molecule has 3 aromatic rings. The molecule has 0 spiro atoms. The van der Waals surface area contributed by atoms with E-state index in [2.05, 4.69) is 32.3 Å². The Morgan fingerprint density at radius 1 is 1.10 bits per heavy atom. The van der Waals surface area contributed by atoms with E-state index >= 15 is 0 Å². The summed E-state index contributed by atoms with van der Waals surface area (Å²) in [5.41, 5.74) is 1.96. The molecule has 0 amide bonds. The van der Waals surface area contributed by atoms with Crippen molar-refractivity contribution in [3.8, 4) is 0 Å². The molecule has 1 saturated heterocycles. The van der Waals surface area contributed by atoms with E-state index in [0.29, 0.717) is 6.61 Å². The zero-order valence-electron chi connectivity index (χ0n) is 11.5. The molecule has 0 unspecified atom stereocenters. The molecule has 1 aliphatic heterocycles. The van der Waals surface area contributed by atoms with Crippen LogP contribution in [0.2, 0.25) is 0 Å². The minimum atomic E-state index is 0.0818. The Balaban J connectivity index is 1.60. The van der Waals surface area contributed by atoms with Crippen molar-refractivity contribution in [1.29, 1.82) is 0 Å². The van der Waals surface area contributed by atoms with Gasteiger partial charge < -0.3 is 9.64 Å². The summed E-state index contributed by atoms with van der Waals surface area (Å²) in [5, 5.41) is 12.4.